The molecule has 1 aromatic carbocycles. The first-order valence-electron chi connectivity index (χ1n) is 6.97. The van der Waals surface area contributed by atoms with Crippen LogP contribution < -0.4 is 0 Å². The van der Waals surface area contributed by atoms with E-state index in [1.54, 1.807) is 0 Å². The van der Waals surface area contributed by atoms with Gasteiger partial charge in [0.25, 0.3) is 0 Å². The molecule has 0 aliphatic heterocycles. The van der Waals surface area contributed by atoms with Crippen LogP contribution in [0.3, 0.4) is 0 Å². The molecule has 2 nitrogen and oxygen atoms in total. The highest BCUT2D eigenvalue weighted by Crippen LogP contribution is 2.41. The average Bonchev–Trinajstić information content (AvgIpc) is 2.68. The summed E-state index contributed by atoms with van der Waals surface area (Å²) in [6.45, 7) is 2.03. The van der Waals surface area contributed by atoms with Crippen LogP contribution in [0.2, 0.25) is 0 Å². The van der Waals surface area contributed by atoms with Gasteiger partial charge in [0, 0.05) is 7.05 Å². The first kappa shape index (κ1) is 14.2. The molecule has 3 rings (SSSR count). The van der Waals surface area contributed by atoms with Crippen molar-refractivity contribution < 1.29 is 0 Å². The van der Waals surface area contributed by atoms with Crippen molar-refractivity contribution in [2.75, 3.05) is 0 Å². The van der Waals surface area contributed by atoms with Crippen LogP contribution in [0, 0.1) is 12.8 Å². The summed E-state index contributed by atoms with van der Waals surface area (Å²) in [6.07, 6.45) is 3.24. The van der Waals surface area contributed by atoms with Crippen LogP contribution in [0.4, 0.5) is 0 Å². The van der Waals surface area contributed by atoms with Crippen molar-refractivity contribution in [1.29, 1.82) is 0 Å². The summed E-state index contributed by atoms with van der Waals surface area (Å²) in [4.78, 5) is 0. The predicted octanol–water partition coefficient (Wildman–Crippen LogP) is 4.58. The summed E-state index contributed by atoms with van der Waals surface area (Å²) in [7, 11) is 2.01. The standard InChI is InChI=1S/C16H18BrClN2/c1-10-15(17)14(20(2)19-10)9-12-8-7-11-5-3-4-6-13(11)16(12)18/h3-6,12,16H,7-9H2,1-2H3. The van der Waals surface area contributed by atoms with E-state index in [0.717, 1.165) is 29.4 Å². The van der Waals surface area contributed by atoms with Crippen LogP contribution in [-0.4, -0.2) is 9.78 Å². The van der Waals surface area contributed by atoms with Crippen molar-refractivity contribution in [3.8, 4) is 0 Å². The maximum atomic E-state index is 6.73. The van der Waals surface area contributed by atoms with Crippen LogP contribution in [0.1, 0.15) is 34.3 Å². The molecule has 20 heavy (non-hydrogen) atoms. The molecule has 0 N–H and O–H groups in total. The number of hydrogen-bond acceptors (Lipinski definition) is 1. The summed E-state index contributed by atoms with van der Waals surface area (Å²) >= 11 is 10.4. The van der Waals surface area contributed by atoms with Gasteiger partial charge in [0.1, 0.15) is 0 Å². The van der Waals surface area contributed by atoms with Crippen LogP contribution in [0.25, 0.3) is 0 Å². The molecule has 2 atom stereocenters. The largest absolute Gasteiger partial charge is 0.271 e. The third-order valence-corrected chi connectivity index (χ3v) is 5.89. The summed E-state index contributed by atoms with van der Waals surface area (Å²) in [6, 6.07) is 8.55. The number of aryl methyl sites for hydroxylation is 3. The number of fused-ring (bicyclic) bond motifs is 1. The minimum Gasteiger partial charge on any atom is -0.271 e. The summed E-state index contributed by atoms with van der Waals surface area (Å²) < 4.78 is 3.10. The van der Waals surface area contributed by atoms with Crippen molar-refractivity contribution in [1.82, 2.24) is 9.78 Å². The highest BCUT2D eigenvalue weighted by Gasteiger charge is 2.29. The van der Waals surface area contributed by atoms with E-state index in [4.69, 9.17) is 11.6 Å². The van der Waals surface area contributed by atoms with E-state index >= 15 is 0 Å². The summed E-state index contributed by atoms with van der Waals surface area (Å²) in [5.74, 6) is 0.470. The maximum Gasteiger partial charge on any atom is 0.0738 e. The molecule has 1 aliphatic rings. The monoisotopic (exact) mass is 352 g/mol. The number of alkyl halides is 1. The minimum absolute atomic E-state index is 0.0991. The Bertz CT molecular complexity index is 635. The molecule has 2 aromatic rings. The Kier molecular flexibility index (Phi) is 3.91. The van der Waals surface area contributed by atoms with Gasteiger partial charge < -0.3 is 0 Å². The van der Waals surface area contributed by atoms with Gasteiger partial charge in [0.2, 0.25) is 0 Å². The molecule has 2 unspecified atom stereocenters. The quantitative estimate of drug-likeness (QED) is 0.723. The average molecular weight is 354 g/mol. The second kappa shape index (κ2) is 5.53. The van der Waals surface area contributed by atoms with Gasteiger partial charge in [-0.15, -0.1) is 11.6 Å². The number of nitrogens with zero attached hydrogens (tertiary/aromatic N) is 2. The molecule has 1 aromatic heterocycles. The molecule has 0 bridgehead atoms. The van der Waals surface area contributed by atoms with Gasteiger partial charge in [-0.2, -0.15) is 5.10 Å². The Balaban J connectivity index is 1.86. The van der Waals surface area contributed by atoms with E-state index in [9.17, 15) is 0 Å². The van der Waals surface area contributed by atoms with Crippen LogP contribution in [0.5, 0.6) is 0 Å². The van der Waals surface area contributed by atoms with Crippen LogP contribution in [0.15, 0.2) is 28.7 Å². The van der Waals surface area contributed by atoms with Gasteiger partial charge >= 0.3 is 0 Å². The van der Waals surface area contributed by atoms with Gasteiger partial charge in [-0.05, 0) is 59.2 Å². The first-order chi connectivity index (χ1) is 9.58. The van der Waals surface area contributed by atoms with Crippen molar-refractivity contribution in [3.05, 3.63) is 51.3 Å². The molecule has 1 aliphatic carbocycles. The molecule has 0 radical (unpaired) electrons. The predicted molar refractivity (Wildman–Crippen MR) is 86.2 cm³/mol. The zero-order chi connectivity index (χ0) is 14.3. The number of halogens is 2. The molecule has 0 saturated carbocycles. The fourth-order valence-electron chi connectivity index (χ4n) is 3.13. The Morgan fingerprint density at radius 2 is 2.15 bits per heavy atom. The maximum absolute atomic E-state index is 6.73. The third kappa shape index (κ3) is 2.42. The molecular formula is C16H18BrClN2. The van der Waals surface area contributed by atoms with E-state index in [2.05, 4.69) is 45.3 Å². The number of benzene rings is 1. The minimum atomic E-state index is 0.0991. The lowest BCUT2D eigenvalue weighted by Crippen LogP contribution is -2.20. The van der Waals surface area contributed by atoms with Gasteiger partial charge in [0.15, 0.2) is 0 Å². The second-order valence-corrected chi connectivity index (χ2v) is 6.84. The molecule has 0 spiro atoms. The number of aromatic nitrogens is 2. The van der Waals surface area contributed by atoms with Crippen molar-refractivity contribution >= 4 is 27.5 Å². The molecule has 0 saturated heterocycles. The zero-order valence-corrected chi connectivity index (χ0v) is 14.1. The fourth-order valence-corrected chi connectivity index (χ4v) is 4.05. The van der Waals surface area contributed by atoms with Gasteiger partial charge in [-0.1, -0.05) is 24.3 Å². The molecule has 4 heteroatoms. The fraction of sp³-hybridized carbons (Fsp3) is 0.438. The van der Waals surface area contributed by atoms with E-state index in [-0.39, 0.29) is 5.38 Å². The number of rotatable bonds is 2. The zero-order valence-electron chi connectivity index (χ0n) is 11.7. The lowest BCUT2D eigenvalue weighted by Gasteiger charge is -2.29. The lowest BCUT2D eigenvalue weighted by atomic mass is 9.81. The van der Waals surface area contributed by atoms with E-state index < -0.39 is 0 Å². The second-order valence-electron chi connectivity index (χ2n) is 5.57. The lowest BCUT2D eigenvalue weighted by molar-refractivity contribution is 0.429. The Morgan fingerprint density at radius 3 is 2.85 bits per heavy atom. The molecular weight excluding hydrogens is 336 g/mol. The van der Waals surface area contributed by atoms with Crippen LogP contribution >= 0.6 is 27.5 Å². The Morgan fingerprint density at radius 1 is 1.40 bits per heavy atom. The van der Waals surface area contributed by atoms with Gasteiger partial charge in [-0.3, -0.25) is 4.68 Å². The van der Waals surface area contributed by atoms with E-state index in [0.29, 0.717) is 5.92 Å². The number of hydrogen-bond donors (Lipinski definition) is 0. The van der Waals surface area contributed by atoms with Crippen molar-refractivity contribution in [3.63, 3.8) is 0 Å². The molecule has 1 heterocycles. The first-order valence-corrected chi connectivity index (χ1v) is 8.20. The molecule has 0 amide bonds. The van der Waals surface area contributed by atoms with Gasteiger partial charge in [-0.25, -0.2) is 0 Å². The van der Waals surface area contributed by atoms with E-state index in [1.807, 2.05) is 18.7 Å². The Labute approximate surface area is 133 Å². The third-order valence-electron chi connectivity index (χ3n) is 4.27. The highest BCUT2D eigenvalue weighted by atomic mass is 79.9. The Hall–Kier alpha value is -0.800. The highest BCUT2D eigenvalue weighted by molar-refractivity contribution is 9.10. The molecule has 0 fully saturated rings. The topological polar surface area (TPSA) is 17.8 Å². The summed E-state index contributed by atoms with van der Waals surface area (Å²) in [5, 5.41) is 4.57. The smallest absolute Gasteiger partial charge is 0.0738 e. The van der Waals surface area contributed by atoms with Gasteiger partial charge in [0.05, 0.1) is 21.2 Å². The van der Waals surface area contributed by atoms with Crippen molar-refractivity contribution in [2.24, 2.45) is 13.0 Å². The molecule has 106 valence electrons. The van der Waals surface area contributed by atoms with Crippen LogP contribution in [-0.2, 0) is 19.9 Å². The summed E-state index contributed by atoms with van der Waals surface area (Å²) in [5.41, 5.74) is 5.01. The SMILES string of the molecule is Cc1nn(C)c(CC2CCc3ccccc3C2Cl)c1Br. The normalized spacial score (nSPS) is 21.8. The van der Waals surface area contributed by atoms with Crippen molar-refractivity contribution in [2.45, 2.75) is 31.6 Å². The van der Waals surface area contributed by atoms with E-state index in [1.165, 1.54) is 16.8 Å².